The lowest BCUT2D eigenvalue weighted by Crippen LogP contribution is -2.07. The molecular formula is C13H14N4S. The van der Waals surface area contributed by atoms with Gasteiger partial charge >= 0.3 is 0 Å². The number of nitriles is 1. The van der Waals surface area contributed by atoms with Gasteiger partial charge in [-0.2, -0.15) is 5.26 Å². The van der Waals surface area contributed by atoms with Crippen molar-refractivity contribution in [3.05, 3.63) is 39.6 Å². The Labute approximate surface area is 110 Å². The summed E-state index contributed by atoms with van der Waals surface area (Å²) in [5.74, 6) is 0. The third-order valence-electron chi connectivity index (χ3n) is 2.65. The van der Waals surface area contributed by atoms with E-state index in [1.54, 1.807) is 29.8 Å². The Balaban J connectivity index is 2.24. The standard InChI is InChI=1S/C13H14N4S/c1-8-13(18-10(3)16-8)9(2)17-12-7-15-5-4-11(12)6-14/h4-5,7,9,17H,1-3H3. The van der Waals surface area contributed by atoms with Gasteiger partial charge in [-0.15, -0.1) is 11.3 Å². The summed E-state index contributed by atoms with van der Waals surface area (Å²) in [7, 11) is 0. The topological polar surface area (TPSA) is 61.6 Å². The Morgan fingerprint density at radius 1 is 1.44 bits per heavy atom. The van der Waals surface area contributed by atoms with Gasteiger partial charge < -0.3 is 5.32 Å². The molecule has 0 fully saturated rings. The summed E-state index contributed by atoms with van der Waals surface area (Å²) in [6, 6.07) is 3.98. The Morgan fingerprint density at radius 2 is 2.22 bits per heavy atom. The highest BCUT2D eigenvalue weighted by Gasteiger charge is 2.14. The van der Waals surface area contributed by atoms with Gasteiger partial charge in [0.15, 0.2) is 0 Å². The fourth-order valence-corrected chi connectivity index (χ4v) is 2.78. The van der Waals surface area contributed by atoms with E-state index in [0.29, 0.717) is 5.56 Å². The molecule has 0 aliphatic carbocycles. The highest BCUT2D eigenvalue weighted by molar-refractivity contribution is 7.11. The van der Waals surface area contributed by atoms with Crippen LogP contribution in [0.15, 0.2) is 18.5 Å². The molecule has 2 heterocycles. The summed E-state index contributed by atoms with van der Waals surface area (Å²) in [6.07, 6.45) is 3.30. The van der Waals surface area contributed by atoms with Crippen LogP contribution in [0.1, 0.15) is 34.1 Å². The molecule has 2 aromatic rings. The van der Waals surface area contributed by atoms with Crippen molar-refractivity contribution >= 4 is 17.0 Å². The van der Waals surface area contributed by atoms with E-state index in [4.69, 9.17) is 5.26 Å². The van der Waals surface area contributed by atoms with E-state index >= 15 is 0 Å². The first-order valence-electron chi connectivity index (χ1n) is 5.66. The number of rotatable bonds is 3. The van der Waals surface area contributed by atoms with E-state index in [1.165, 1.54) is 4.88 Å². The molecule has 2 aromatic heterocycles. The fourth-order valence-electron chi connectivity index (χ4n) is 1.85. The van der Waals surface area contributed by atoms with Crippen LogP contribution in [-0.2, 0) is 0 Å². The van der Waals surface area contributed by atoms with Crippen molar-refractivity contribution in [1.82, 2.24) is 9.97 Å². The molecule has 0 saturated carbocycles. The summed E-state index contributed by atoms with van der Waals surface area (Å²) >= 11 is 1.68. The van der Waals surface area contributed by atoms with Gasteiger partial charge in [0.2, 0.25) is 0 Å². The Kier molecular flexibility index (Phi) is 3.58. The molecule has 0 radical (unpaired) electrons. The fraction of sp³-hybridized carbons (Fsp3) is 0.308. The molecule has 5 heteroatoms. The molecule has 0 amide bonds. The molecule has 18 heavy (non-hydrogen) atoms. The average molecular weight is 258 g/mol. The van der Waals surface area contributed by atoms with E-state index in [2.05, 4.69) is 28.3 Å². The summed E-state index contributed by atoms with van der Waals surface area (Å²) in [5, 5.41) is 13.4. The number of pyridine rings is 1. The van der Waals surface area contributed by atoms with E-state index in [-0.39, 0.29) is 6.04 Å². The lowest BCUT2D eigenvalue weighted by atomic mass is 10.2. The van der Waals surface area contributed by atoms with Crippen LogP contribution in [0.4, 0.5) is 5.69 Å². The molecule has 0 bridgehead atoms. The summed E-state index contributed by atoms with van der Waals surface area (Å²) < 4.78 is 0. The number of hydrogen-bond acceptors (Lipinski definition) is 5. The molecule has 4 nitrogen and oxygen atoms in total. The predicted molar refractivity (Wildman–Crippen MR) is 72.6 cm³/mol. The zero-order valence-electron chi connectivity index (χ0n) is 10.6. The number of aromatic nitrogens is 2. The van der Waals surface area contributed by atoms with Crippen LogP contribution in [0.25, 0.3) is 0 Å². The van der Waals surface area contributed by atoms with Crippen molar-refractivity contribution in [3.63, 3.8) is 0 Å². The van der Waals surface area contributed by atoms with Crippen molar-refractivity contribution < 1.29 is 0 Å². The third-order valence-corrected chi connectivity index (χ3v) is 3.90. The van der Waals surface area contributed by atoms with E-state index in [1.807, 2.05) is 13.8 Å². The maximum absolute atomic E-state index is 9.03. The highest BCUT2D eigenvalue weighted by Crippen LogP contribution is 2.28. The zero-order chi connectivity index (χ0) is 13.1. The Hall–Kier alpha value is -1.93. The second-order valence-electron chi connectivity index (χ2n) is 4.08. The molecule has 92 valence electrons. The SMILES string of the molecule is Cc1nc(C)c(C(C)Nc2cnccc2C#N)s1. The molecule has 0 aromatic carbocycles. The number of nitrogens with one attached hydrogen (secondary N) is 1. The van der Waals surface area contributed by atoms with Crippen LogP contribution in [0.3, 0.4) is 0 Å². The van der Waals surface area contributed by atoms with Crippen molar-refractivity contribution in [2.75, 3.05) is 5.32 Å². The molecular weight excluding hydrogens is 244 g/mol. The third kappa shape index (κ3) is 2.49. The van der Waals surface area contributed by atoms with Gasteiger partial charge in [0.1, 0.15) is 6.07 Å². The first-order chi connectivity index (χ1) is 8.61. The van der Waals surface area contributed by atoms with Gasteiger partial charge in [-0.25, -0.2) is 4.98 Å². The van der Waals surface area contributed by atoms with Crippen LogP contribution in [0.5, 0.6) is 0 Å². The number of nitrogens with zero attached hydrogens (tertiary/aromatic N) is 3. The molecule has 0 aliphatic rings. The van der Waals surface area contributed by atoms with Crippen molar-refractivity contribution in [2.24, 2.45) is 0 Å². The summed E-state index contributed by atoms with van der Waals surface area (Å²) in [6.45, 7) is 6.07. The highest BCUT2D eigenvalue weighted by atomic mass is 32.1. The molecule has 1 unspecified atom stereocenters. The van der Waals surface area contributed by atoms with Gasteiger partial charge in [-0.1, -0.05) is 0 Å². The van der Waals surface area contributed by atoms with Gasteiger partial charge in [0.05, 0.1) is 34.2 Å². The van der Waals surface area contributed by atoms with Gasteiger partial charge in [-0.3, -0.25) is 4.98 Å². The maximum atomic E-state index is 9.03. The van der Waals surface area contributed by atoms with E-state index in [0.717, 1.165) is 16.4 Å². The molecule has 1 atom stereocenters. The van der Waals surface area contributed by atoms with Crippen molar-refractivity contribution in [2.45, 2.75) is 26.8 Å². The average Bonchev–Trinajstić information content (AvgIpc) is 2.69. The predicted octanol–water partition coefficient (Wildman–Crippen LogP) is 3.20. The minimum atomic E-state index is 0.118. The quantitative estimate of drug-likeness (QED) is 0.918. The lowest BCUT2D eigenvalue weighted by Gasteiger charge is -2.14. The van der Waals surface area contributed by atoms with Crippen LogP contribution < -0.4 is 5.32 Å². The minimum Gasteiger partial charge on any atom is -0.375 e. The first kappa shape index (κ1) is 12.5. The monoisotopic (exact) mass is 258 g/mol. The van der Waals surface area contributed by atoms with E-state index in [9.17, 15) is 0 Å². The second kappa shape index (κ2) is 5.15. The molecule has 0 saturated heterocycles. The van der Waals surface area contributed by atoms with Crippen molar-refractivity contribution in [1.29, 1.82) is 5.26 Å². The normalized spacial score (nSPS) is 11.9. The van der Waals surface area contributed by atoms with E-state index < -0.39 is 0 Å². The largest absolute Gasteiger partial charge is 0.375 e. The van der Waals surface area contributed by atoms with Gasteiger partial charge in [0.25, 0.3) is 0 Å². The number of aryl methyl sites for hydroxylation is 2. The minimum absolute atomic E-state index is 0.118. The van der Waals surface area contributed by atoms with Gasteiger partial charge in [-0.05, 0) is 26.8 Å². The van der Waals surface area contributed by atoms with Crippen molar-refractivity contribution in [3.8, 4) is 6.07 Å². The van der Waals surface area contributed by atoms with Crippen LogP contribution in [0.2, 0.25) is 0 Å². The summed E-state index contributed by atoms with van der Waals surface area (Å²) in [4.78, 5) is 9.65. The smallest absolute Gasteiger partial charge is 0.101 e. The number of thiazole rings is 1. The first-order valence-corrected chi connectivity index (χ1v) is 6.48. The molecule has 2 rings (SSSR count). The second-order valence-corrected chi connectivity index (χ2v) is 5.32. The molecule has 1 N–H and O–H groups in total. The number of hydrogen-bond donors (Lipinski definition) is 1. The van der Waals surface area contributed by atoms with Crippen LogP contribution >= 0.6 is 11.3 Å². The van der Waals surface area contributed by atoms with Crippen LogP contribution in [0, 0.1) is 25.2 Å². The van der Waals surface area contributed by atoms with Gasteiger partial charge in [0, 0.05) is 11.1 Å². The maximum Gasteiger partial charge on any atom is 0.101 e. The molecule has 0 spiro atoms. The lowest BCUT2D eigenvalue weighted by molar-refractivity contribution is 0.887. The Morgan fingerprint density at radius 3 is 2.83 bits per heavy atom. The summed E-state index contributed by atoms with van der Waals surface area (Å²) in [5.41, 5.74) is 2.41. The van der Waals surface area contributed by atoms with Crippen LogP contribution in [-0.4, -0.2) is 9.97 Å². The Bertz CT molecular complexity index is 597. The molecule has 0 aliphatic heterocycles. The number of anilines is 1. The zero-order valence-corrected chi connectivity index (χ0v) is 11.4.